The van der Waals surface area contributed by atoms with Gasteiger partial charge in [-0.2, -0.15) is 8.78 Å². The Balaban J connectivity index is 2.95. The average Bonchev–Trinajstić information content (AvgIpc) is 2.09. The van der Waals surface area contributed by atoms with Gasteiger partial charge in [0.2, 0.25) is 0 Å². The van der Waals surface area contributed by atoms with E-state index in [0.717, 1.165) is 12.1 Å². The van der Waals surface area contributed by atoms with E-state index >= 15 is 0 Å². The molecular weight excluding hydrogens is 193 g/mol. The average molecular weight is 202 g/mol. The maximum absolute atomic E-state index is 12.7. The van der Waals surface area contributed by atoms with Gasteiger partial charge in [0.1, 0.15) is 11.6 Å². The van der Waals surface area contributed by atoms with E-state index in [4.69, 9.17) is 0 Å². The van der Waals surface area contributed by atoms with Crippen LogP contribution in [0, 0.1) is 5.82 Å². The summed E-state index contributed by atoms with van der Waals surface area (Å²) in [6, 6.07) is 3.41. The van der Waals surface area contributed by atoms with E-state index < -0.39 is 12.4 Å². The van der Waals surface area contributed by atoms with Gasteiger partial charge in [-0.3, -0.25) is 0 Å². The Morgan fingerprint density at radius 2 is 2.14 bits per heavy atom. The third kappa shape index (κ3) is 2.80. The van der Waals surface area contributed by atoms with Crippen LogP contribution >= 0.6 is 0 Å². The number of alkyl halides is 2. The van der Waals surface area contributed by atoms with Gasteiger partial charge < -0.3 is 4.74 Å². The van der Waals surface area contributed by atoms with Crippen LogP contribution in [0.25, 0.3) is 0 Å². The van der Waals surface area contributed by atoms with Crippen molar-refractivity contribution < 1.29 is 17.9 Å². The molecule has 0 aliphatic heterocycles. The van der Waals surface area contributed by atoms with Crippen molar-refractivity contribution in [3.8, 4) is 5.75 Å². The Bertz CT molecular complexity index is 323. The van der Waals surface area contributed by atoms with E-state index in [9.17, 15) is 13.2 Å². The highest BCUT2D eigenvalue weighted by atomic mass is 19.3. The SMILES string of the molecule is C=CCc1cc(F)ccc1OC(F)F. The lowest BCUT2D eigenvalue weighted by Crippen LogP contribution is -2.04. The fraction of sp³-hybridized carbons (Fsp3) is 0.200. The molecule has 0 amide bonds. The van der Waals surface area contributed by atoms with Crippen LogP contribution in [0.1, 0.15) is 5.56 Å². The van der Waals surface area contributed by atoms with Crippen LogP contribution in [0.3, 0.4) is 0 Å². The van der Waals surface area contributed by atoms with Crippen molar-refractivity contribution in [1.29, 1.82) is 0 Å². The summed E-state index contributed by atoms with van der Waals surface area (Å²) in [5, 5.41) is 0. The van der Waals surface area contributed by atoms with Gasteiger partial charge in [0.15, 0.2) is 0 Å². The van der Waals surface area contributed by atoms with E-state index in [0.29, 0.717) is 12.0 Å². The van der Waals surface area contributed by atoms with Crippen molar-refractivity contribution in [2.24, 2.45) is 0 Å². The molecule has 4 heteroatoms. The second-order valence-electron chi connectivity index (χ2n) is 2.62. The van der Waals surface area contributed by atoms with Crippen LogP contribution in [-0.4, -0.2) is 6.61 Å². The molecule has 0 aliphatic rings. The molecule has 1 nitrogen and oxygen atoms in total. The number of benzene rings is 1. The summed E-state index contributed by atoms with van der Waals surface area (Å²) in [6.45, 7) is 0.541. The molecule has 0 bridgehead atoms. The quantitative estimate of drug-likeness (QED) is 0.681. The van der Waals surface area contributed by atoms with Gasteiger partial charge in [-0.25, -0.2) is 4.39 Å². The molecule has 0 aromatic heterocycles. The summed E-state index contributed by atoms with van der Waals surface area (Å²) in [5.41, 5.74) is 0.361. The maximum atomic E-state index is 12.7. The largest absolute Gasteiger partial charge is 0.435 e. The first kappa shape index (κ1) is 10.6. The lowest BCUT2D eigenvalue weighted by atomic mass is 10.1. The Hall–Kier alpha value is -1.45. The molecule has 1 aromatic carbocycles. The molecule has 14 heavy (non-hydrogen) atoms. The first-order valence-electron chi connectivity index (χ1n) is 3.97. The second-order valence-corrected chi connectivity index (χ2v) is 2.62. The predicted molar refractivity (Wildman–Crippen MR) is 46.9 cm³/mol. The number of hydrogen-bond donors (Lipinski definition) is 0. The van der Waals surface area contributed by atoms with Gasteiger partial charge >= 0.3 is 6.61 Å². The summed E-state index contributed by atoms with van der Waals surface area (Å²) < 4.78 is 40.7. The highest BCUT2D eigenvalue weighted by Gasteiger charge is 2.09. The van der Waals surface area contributed by atoms with E-state index in [1.54, 1.807) is 0 Å². The summed E-state index contributed by atoms with van der Waals surface area (Å²) in [6.07, 6.45) is 1.78. The zero-order valence-corrected chi connectivity index (χ0v) is 7.34. The number of halogens is 3. The molecule has 0 aliphatic carbocycles. The minimum Gasteiger partial charge on any atom is -0.435 e. The van der Waals surface area contributed by atoms with Crippen LogP contribution in [0.5, 0.6) is 5.75 Å². The first-order valence-corrected chi connectivity index (χ1v) is 3.97. The lowest BCUT2D eigenvalue weighted by molar-refractivity contribution is -0.0504. The molecule has 0 saturated heterocycles. The number of hydrogen-bond acceptors (Lipinski definition) is 1. The molecule has 0 N–H and O–H groups in total. The lowest BCUT2D eigenvalue weighted by Gasteiger charge is -2.08. The Morgan fingerprint density at radius 3 is 2.71 bits per heavy atom. The number of rotatable bonds is 4. The molecule has 0 spiro atoms. The maximum Gasteiger partial charge on any atom is 0.387 e. The van der Waals surface area contributed by atoms with E-state index in [2.05, 4.69) is 11.3 Å². The number of allylic oxidation sites excluding steroid dienone is 1. The van der Waals surface area contributed by atoms with Crippen LogP contribution in [0.4, 0.5) is 13.2 Å². The molecule has 0 atom stereocenters. The highest BCUT2D eigenvalue weighted by molar-refractivity contribution is 5.35. The van der Waals surface area contributed by atoms with Crippen molar-refractivity contribution in [3.63, 3.8) is 0 Å². The highest BCUT2D eigenvalue weighted by Crippen LogP contribution is 2.22. The minimum absolute atomic E-state index is 0.0127. The molecule has 0 heterocycles. The van der Waals surface area contributed by atoms with Gasteiger partial charge in [0.05, 0.1) is 0 Å². The zero-order valence-electron chi connectivity index (χ0n) is 7.34. The third-order valence-corrected chi connectivity index (χ3v) is 1.60. The summed E-state index contributed by atoms with van der Waals surface area (Å²) in [7, 11) is 0. The molecular formula is C10H9F3O. The summed E-state index contributed by atoms with van der Waals surface area (Å²) >= 11 is 0. The summed E-state index contributed by atoms with van der Waals surface area (Å²) in [5.74, 6) is -0.496. The van der Waals surface area contributed by atoms with Crippen molar-refractivity contribution >= 4 is 0 Å². The normalized spacial score (nSPS) is 10.3. The topological polar surface area (TPSA) is 9.23 Å². The first-order chi connectivity index (χ1) is 6.63. The Morgan fingerprint density at radius 1 is 1.43 bits per heavy atom. The molecule has 1 rings (SSSR count). The summed E-state index contributed by atoms with van der Waals surface area (Å²) in [4.78, 5) is 0. The molecule has 0 saturated carbocycles. The number of ether oxygens (including phenoxy) is 1. The van der Waals surface area contributed by atoms with E-state index in [1.165, 1.54) is 12.1 Å². The van der Waals surface area contributed by atoms with Crippen LogP contribution in [-0.2, 0) is 6.42 Å². The monoisotopic (exact) mass is 202 g/mol. The molecule has 76 valence electrons. The molecule has 1 aromatic rings. The van der Waals surface area contributed by atoms with Crippen molar-refractivity contribution in [3.05, 3.63) is 42.2 Å². The minimum atomic E-state index is -2.90. The van der Waals surface area contributed by atoms with Gasteiger partial charge in [-0.1, -0.05) is 6.08 Å². The van der Waals surface area contributed by atoms with Crippen LogP contribution < -0.4 is 4.74 Å². The second kappa shape index (κ2) is 4.69. The Kier molecular flexibility index (Phi) is 3.56. The molecule has 0 radical (unpaired) electrons. The van der Waals surface area contributed by atoms with Crippen molar-refractivity contribution in [2.45, 2.75) is 13.0 Å². The molecule has 0 fully saturated rings. The van der Waals surface area contributed by atoms with Crippen LogP contribution in [0.15, 0.2) is 30.9 Å². The van der Waals surface area contributed by atoms with E-state index in [1.807, 2.05) is 0 Å². The van der Waals surface area contributed by atoms with Crippen molar-refractivity contribution in [2.75, 3.05) is 0 Å². The standard InChI is InChI=1S/C10H9F3O/c1-2-3-7-6-8(11)4-5-9(7)14-10(12)13/h2,4-6,10H,1,3H2. The fourth-order valence-corrected chi connectivity index (χ4v) is 1.07. The predicted octanol–water partition coefficient (Wildman–Crippen LogP) is 3.16. The van der Waals surface area contributed by atoms with Crippen LogP contribution in [0.2, 0.25) is 0 Å². The fourth-order valence-electron chi connectivity index (χ4n) is 1.07. The third-order valence-electron chi connectivity index (χ3n) is 1.60. The Labute approximate surface area is 79.8 Å². The van der Waals surface area contributed by atoms with Crippen molar-refractivity contribution in [1.82, 2.24) is 0 Å². The zero-order chi connectivity index (χ0) is 10.6. The van der Waals surface area contributed by atoms with Gasteiger partial charge in [-0.15, -0.1) is 6.58 Å². The van der Waals surface area contributed by atoms with Gasteiger partial charge in [0.25, 0.3) is 0 Å². The van der Waals surface area contributed by atoms with Gasteiger partial charge in [0, 0.05) is 5.56 Å². The molecule has 0 unspecified atom stereocenters. The van der Waals surface area contributed by atoms with E-state index in [-0.39, 0.29) is 5.75 Å². The smallest absolute Gasteiger partial charge is 0.387 e. The van der Waals surface area contributed by atoms with Gasteiger partial charge in [-0.05, 0) is 24.6 Å².